The molecular weight excluding hydrogens is 350 g/mol. The third-order valence-corrected chi connectivity index (χ3v) is 4.72. The number of fused-ring (bicyclic) bond motifs is 1. The van der Waals surface area contributed by atoms with Crippen molar-refractivity contribution in [3.05, 3.63) is 65.2 Å². The molecule has 0 aliphatic carbocycles. The Morgan fingerprint density at radius 3 is 2.93 bits per heavy atom. The summed E-state index contributed by atoms with van der Waals surface area (Å²) in [5, 5.41) is 8.95. The molecule has 0 radical (unpaired) electrons. The molecule has 0 amide bonds. The second kappa shape index (κ2) is 7.43. The van der Waals surface area contributed by atoms with Gasteiger partial charge in [0.15, 0.2) is 0 Å². The van der Waals surface area contributed by atoms with Gasteiger partial charge in [0, 0.05) is 25.2 Å². The van der Waals surface area contributed by atoms with Crippen LogP contribution in [0.5, 0.6) is 0 Å². The lowest BCUT2D eigenvalue weighted by atomic mass is 10.2. The molecule has 1 aliphatic rings. The molecule has 7 heteroatoms. The summed E-state index contributed by atoms with van der Waals surface area (Å²) < 4.78 is 33.8. The fourth-order valence-corrected chi connectivity index (χ4v) is 3.35. The van der Waals surface area contributed by atoms with Gasteiger partial charge in [-0.1, -0.05) is 18.2 Å². The molecule has 2 heterocycles. The number of aromatic nitrogens is 2. The van der Waals surface area contributed by atoms with Gasteiger partial charge in [0.25, 0.3) is 0 Å². The number of nitrogens with one attached hydrogen (secondary N) is 1. The molecule has 1 aliphatic heterocycles. The fraction of sp³-hybridized carbons (Fsp3) is 0.300. The first kappa shape index (κ1) is 17.6. The first-order valence-corrected chi connectivity index (χ1v) is 8.72. The summed E-state index contributed by atoms with van der Waals surface area (Å²) in [6, 6.07) is 13.8. The van der Waals surface area contributed by atoms with Crippen LogP contribution in [0.4, 0.5) is 8.78 Å². The molecule has 1 N–H and O–H groups in total. The molecule has 2 atom stereocenters. The van der Waals surface area contributed by atoms with E-state index in [9.17, 15) is 8.78 Å². The van der Waals surface area contributed by atoms with Crippen molar-refractivity contribution < 1.29 is 13.5 Å². The van der Waals surface area contributed by atoms with Gasteiger partial charge in [0.1, 0.15) is 30.5 Å². The Bertz CT molecular complexity index is 997. The van der Waals surface area contributed by atoms with E-state index in [0.717, 1.165) is 11.0 Å². The maximum atomic E-state index is 14.3. The summed E-state index contributed by atoms with van der Waals surface area (Å²) in [7, 11) is 0. The number of imidazole rings is 1. The lowest BCUT2D eigenvalue weighted by molar-refractivity contribution is 0.00862. The van der Waals surface area contributed by atoms with Gasteiger partial charge in [-0.3, -0.25) is 4.90 Å². The van der Waals surface area contributed by atoms with Crippen LogP contribution in [0.15, 0.2) is 42.5 Å². The Kier molecular flexibility index (Phi) is 4.84. The van der Waals surface area contributed by atoms with Crippen LogP contribution in [0.1, 0.15) is 17.0 Å². The van der Waals surface area contributed by atoms with E-state index >= 15 is 0 Å². The number of hydrogen-bond acceptors (Lipinski definition) is 4. The first-order valence-electron chi connectivity index (χ1n) is 8.72. The van der Waals surface area contributed by atoms with Crippen LogP contribution in [0, 0.1) is 17.1 Å². The zero-order chi connectivity index (χ0) is 18.8. The van der Waals surface area contributed by atoms with E-state index < -0.39 is 12.3 Å². The van der Waals surface area contributed by atoms with Crippen molar-refractivity contribution in [3.8, 4) is 6.07 Å². The molecule has 3 aromatic rings. The normalized spacial score (nSPS) is 20.2. The van der Waals surface area contributed by atoms with E-state index in [1.54, 1.807) is 36.4 Å². The molecule has 27 heavy (non-hydrogen) atoms. The van der Waals surface area contributed by atoms with Crippen molar-refractivity contribution >= 4 is 11.0 Å². The molecule has 1 fully saturated rings. The smallest absolute Gasteiger partial charge is 0.140 e. The van der Waals surface area contributed by atoms with Crippen molar-refractivity contribution in [2.45, 2.75) is 25.4 Å². The van der Waals surface area contributed by atoms with E-state index in [2.05, 4.69) is 16.0 Å². The first-order chi connectivity index (χ1) is 13.1. The summed E-state index contributed by atoms with van der Waals surface area (Å²) in [6.07, 6.45) is -1.72. The molecule has 5 nitrogen and oxygen atoms in total. The minimum atomic E-state index is -1.13. The summed E-state index contributed by atoms with van der Waals surface area (Å²) in [5.41, 5.74) is 2.58. The SMILES string of the molecule is N#Cc1ccc2nc(COC3CN(Cc4ccccc4F)CC3F)[nH]c2c1. The number of H-pyrrole nitrogens is 1. The monoisotopic (exact) mass is 368 g/mol. The van der Waals surface area contributed by atoms with Crippen LogP contribution in [0.3, 0.4) is 0 Å². The van der Waals surface area contributed by atoms with Gasteiger partial charge in [-0.05, 0) is 24.3 Å². The summed E-state index contributed by atoms with van der Waals surface area (Å²) in [5.74, 6) is 0.302. The van der Waals surface area contributed by atoms with Crippen LogP contribution >= 0.6 is 0 Å². The second-order valence-electron chi connectivity index (χ2n) is 6.68. The Balaban J connectivity index is 1.37. The molecule has 0 spiro atoms. The molecule has 2 aromatic carbocycles. The van der Waals surface area contributed by atoms with E-state index in [0.29, 0.717) is 30.0 Å². The predicted octanol–water partition coefficient (Wildman–Crippen LogP) is 3.31. The second-order valence-corrected chi connectivity index (χ2v) is 6.68. The standard InChI is InChI=1S/C20H18F2N4O/c21-15-4-2-1-3-14(15)9-26-10-16(22)19(11-26)27-12-20-24-17-6-5-13(8-23)7-18(17)25-20/h1-7,16,19H,9-12H2,(H,24,25). The molecule has 1 aromatic heterocycles. The number of halogens is 2. The van der Waals surface area contributed by atoms with Gasteiger partial charge >= 0.3 is 0 Å². The number of nitrogens with zero attached hydrogens (tertiary/aromatic N) is 3. The lowest BCUT2D eigenvalue weighted by Crippen LogP contribution is -2.24. The van der Waals surface area contributed by atoms with Crippen molar-refractivity contribution in [2.24, 2.45) is 0 Å². The number of nitriles is 1. The molecule has 2 unspecified atom stereocenters. The molecule has 1 saturated heterocycles. The number of likely N-dealkylation sites (tertiary alicyclic amines) is 1. The lowest BCUT2D eigenvalue weighted by Gasteiger charge is -2.16. The minimum absolute atomic E-state index is 0.148. The Morgan fingerprint density at radius 2 is 2.11 bits per heavy atom. The van der Waals surface area contributed by atoms with Crippen LogP contribution in [-0.4, -0.2) is 40.2 Å². The number of hydrogen-bond donors (Lipinski definition) is 1. The van der Waals surface area contributed by atoms with Crippen LogP contribution < -0.4 is 0 Å². The van der Waals surface area contributed by atoms with Gasteiger partial charge < -0.3 is 9.72 Å². The third kappa shape index (κ3) is 3.82. The van der Waals surface area contributed by atoms with Crippen LogP contribution in [0.2, 0.25) is 0 Å². The average molecular weight is 368 g/mol. The number of ether oxygens (including phenoxy) is 1. The Morgan fingerprint density at radius 1 is 1.26 bits per heavy atom. The van der Waals surface area contributed by atoms with Crippen molar-refractivity contribution in [1.29, 1.82) is 5.26 Å². The van der Waals surface area contributed by atoms with E-state index in [4.69, 9.17) is 10.00 Å². The number of rotatable bonds is 5. The average Bonchev–Trinajstić information content (AvgIpc) is 3.23. The van der Waals surface area contributed by atoms with Gasteiger partial charge in [0.2, 0.25) is 0 Å². The topological polar surface area (TPSA) is 64.9 Å². The Labute approximate surface area is 155 Å². The van der Waals surface area contributed by atoms with Crippen LogP contribution in [0.25, 0.3) is 11.0 Å². The van der Waals surface area contributed by atoms with E-state index in [1.165, 1.54) is 6.07 Å². The largest absolute Gasteiger partial charge is 0.366 e. The maximum Gasteiger partial charge on any atom is 0.140 e. The van der Waals surface area contributed by atoms with Gasteiger partial charge in [-0.15, -0.1) is 0 Å². The molecular formula is C20H18F2N4O. The highest BCUT2D eigenvalue weighted by atomic mass is 19.1. The van der Waals surface area contributed by atoms with Crippen molar-refractivity contribution in [1.82, 2.24) is 14.9 Å². The highest BCUT2D eigenvalue weighted by Crippen LogP contribution is 2.22. The summed E-state index contributed by atoms with van der Waals surface area (Å²) in [6.45, 7) is 1.11. The molecule has 138 valence electrons. The number of benzene rings is 2. The van der Waals surface area contributed by atoms with Crippen molar-refractivity contribution in [3.63, 3.8) is 0 Å². The zero-order valence-electron chi connectivity index (χ0n) is 14.5. The predicted molar refractivity (Wildman–Crippen MR) is 96.0 cm³/mol. The Hall–Kier alpha value is -2.82. The summed E-state index contributed by atoms with van der Waals surface area (Å²) >= 11 is 0. The maximum absolute atomic E-state index is 14.3. The van der Waals surface area contributed by atoms with Crippen molar-refractivity contribution in [2.75, 3.05) is 13.1 Å². The highest BCUT2D eigenvalue weighted by molar-refractivity contribution is 5.76. The number of alkyl halides is 1. The quantitative estimate of drug-likeness (QED) is 0.750. The van der Waals surface area contributed by atoms with E-state index in [-0.39, 0.29) is 19.0 Å². The van der Waals surface area contributed by atoms with Gasteiger partial charge in [-0.25, -0.2) is 13.8 Å². The number of aromatic amines is 1. The zero-order valence-corrected chi connectivity index (χ0v) is 14.5. The van der Waals surface area contributed by atoms with E-state index in [1.807, 2.05) is 4.90 Å². The minimum Gasteiger partial charge on any atom is -0.366 e. The van der Waals surface area contributed by atoms with Gasteiger partial charge in [-0.2, -0.15) is 5.26 Å². The third-order valence-electron chi connectivity index (χ3n) is 4.72. The molecule has 0 bridgehead atoms. The van der Waals surface area contributed by atoms with Crippen LogP contribution in [-0.2, 0) is 17.9 Å². The molecule has 0 saturated carbocycles. The van der Waals surface area contributed by atoms with Gasteiger partial charge in [0.05, 0.1) is 22.7 Å². The summed E-state index contributed by atoms with van der Waals surface area (Å²) in [4.78, 5) is 9.34. The highest BCUT2D eigenvalue weighted by Gasteiger charge is 2.34. The molecule has 4 rings (SSSR count). The fourth-order valence-electron chi connectivity index (χ4n) is 3.35.